The average molecular weight is 327 g/mol. The monoisotopic (exact) mass is 327 g/mol. The van der Waals surface area contributed by atoms with E-state index in [1.807, 2.05) is 12.1 Å². The Kier molecular flexibility index (Phi) is 4.50. The number of hydrogen-bond donors (Lipinski definition) is 2. The molecular weight excluding hydrogens is 310 g/mol. The van der Waals surface area contributed by atoms with E-state index < -0.39 is 6.09 Å². The van der Waals surface area contributed by atoms with Gasteiger partial charge in [-0.3, -0.25) is 14.7 Å². The quantitative estimate of drug-likeness (QED) is 0.739. The van der Waals surface area contributed by atoms with Gasteiger partial charge in [0.05, 0.1) is 6.10 Å². The van der Waals surface area contributed by atoms with Crippen LogP contribution in [0, 0.1) is 0 Å². The zero-order valence-corrected chi connectivity index (χ0v) is 13.3. The summed E-state index contributed by atoms with van der Waals surface area (Å²) in [6, 6.07) is 3.82. The summed E-state index contributed by atoms with van der Waals surface area (Å²) in [5, 5.41) is 13.8. The number of fused-ring (bicyclic) bond motifs is 1. The summed E-state index contributed by atoms with van der Waals surface area (Å²) in [6.45, 7) is 4.11. The average Bonchev–Trinajstić information content (AvgIpc) is 2.97. The Bertz CT molecular complexity index is 832. The van der Waals surface area contributed by atoms with Crippen LogP contribution in [0.25, 0.3) is 5.65 Å². The molecule has 3 rings (SSSR count). The van der Waals surface area contributed by atoms with Crippen LogP contribution in [0.15, 0.2) is 36.9 Å². The topological polar surface area (TPSA) is 106 Å². The second kappa shape index (κ2) is 6.90. The summed E-state index contributed by atoms with van der Waals surface area (Å²) < 4.78 is 6.67. The number of carbonyl (C=O) groups is 1. The van der Waals surface area contributed by atoms with Gasteiger partial charge in [-0.2, -0.15) is 0 Å². The number of rotatable bonds is 5. The number of nitrogens with one attached hydrogen (secondary N) is 2. The highest BCUT2D eigenvalue weighted by molar-refractivity contribution is 5.83. The molecule has 1 amide bonds. The number of ether oxygens (including phenoxy) is 1. The van der Waals surface area contributed by atoms with E-state index in [1.165, 1.54) is 0 Å². The third-order valence-electron chi connectivity index (χ3n) is 3.09. The molecule has 9 heteroatoms. The minimum Gasteiger partial charge on any atom is -0.447 e. The van der Waals surface area contributed by atoms with Gasteiger partial charge in [0.15, 0.2) is 5.82 Å². The van der Waals surface area contributed by atoms with Gasteiger partial charge in [0.25, 0.3) is 0 Å². The van der Waals surface area contributed by atoms with Gasteiger partial charge < -0.3 is 10.1 Å². The van der Waals surface area contributed by atoms with Crippen LogP contribution in [0.1, 0.15) is 19.4 Å². The molecule has 0 bridgehead atoms. The number of aromatic nitrogens is 5. The predicted molar refractivity (Wildman–Crippen MR) is 87.6 cm³/mol. The largest absolute Gasteiger partial charge is 0.447 e. The van der Waals surface area contributed by atoms with Crippen LogP contribution in [0.3, 0.4) is 0 Å². The van der Waals surface area contributed by atoms with Crippen LogP contribution in [-0.4, -0.2) is 36.8 Å². The predicted octanol–water partition coefficient (Wildman–Crippen LogP) is 2.09. The van der Waals surface area contributed by atoms with E-state index in [9.17, 15) is 4.79 Å². The van der Waals surface area contributed by atoms with Crippen molar-refractivity contribution >= 4 is 23.5 Å². The van der Waals surface area contributed by atoms with E-state index in [0.29, 0.717) is 18.0 Å². The molecule has 0 radical (unpaired) electrons. The van der Waals surface area contributed by atoms with Crippen LogP contribution in [-0.2, 0) is 11.3 Å². The zero-order chi connectivity index (χ0) is 16.9. The molecule has 0 aliphatic heterocycles. The molecule has 0 aromatic carbocycles. The normalized spacial score (nSPS) is 10.8. The number of hydrogen-bond acceptors (Lipinski definition) is 7. The number of amides is 1. The molecular formula is C15H17N7O2. The van der Waals surface area contributed by atoms with Crippen molar-refractivity contribution in [3.8, 4) is 0 Å². The van der Waals surface area contributed by atoms with E-state index in [1.54, 1.807) is 43.0 Å². The molecule has 3 heterocycles. The van der Waals surface area contributed by atoms with Gasteiger partial charge in [0, 0.05) is 31.3 Å². The van der Waals surface area contributed by atoms with E-state index in [4.69, 9.17) is 4.74 Å². The third-order valence-corrected chi connectivity index (χ3v) is 3.09. The van der Waals surface area contributed by atoms with Crippen molar-refractivity contribution < 1.29 is 9.53 Å². The summed E-state index contributed by atoms with van der Waals surface area (Å²) in [4.78, 5) is 20.0. The van der Waals surface area contributed by atoms with Gasteiger partial charge in [0.1, 0.15) is 0 Å². The fraction of sp³-hybridized carbons (Fsp3) is 0.267. The number of nitrogens with zero attached hydrogens (tertiary/aromatic N) is 5. The van der Waals surface area contributed by atoms with Gasteiger partial charge >= 0.3 is 6.09 Å². The lowest BCUT2D eigenvalue weighted by Crippen LogP contribution is -2.19. The Balaban J connectivity index is 1.77. The first-order chi connectivity index (χ1) is 11.6. The molecule has 0 spiro atoms. The lowest BCUT2D eigenvalue weighted by molar-refractivity contribution is 0.129. The third kappa shape index (κ3) is 3.57. The molecule has 0 aliphatic rings. The molecule has 0 fully saturated rings. The maximum atomic E-state index is 11.7. The first kappa shape index (κ1) is 15.7. The first-order valence-electron chi connectivity index (χ1n) is 7.43. The van der Waals surface area contributed by atoms with E-state index in [-0.39, 0.29) is 12.1 Å². The van der Waals surface area contributed by atoms with Gasteiger partial charge in [-0.25, -0.2) is 9.78 Å². The number of carbonyl (C=O) groups excluding carboxylic acids is 1. The van der Waals surface area contributed by atoms with E-state index in [2.05, 4.69) is 30.8 Å². The zero-order valence-electron chi connectivity index (χ0n) is 13.3. The van der Waals surface area contributed by atoms with E-state index >= 15 is 0 Å². The molecule has 0 saturated carbocycles. The Hall–Kier alpha value is -3.23. The molecule has 0 unspecified atom stereocenters. The molecule has 24 heavy (non-hydrogen) atoms. The lowest BCUT2D eigenvalue weighted by Gasteiger charge is -2.09. The summed E-state index contributed by atoms with van der Waals surface area (Å²) in [5.74, 6) is 0.831. The molecule has 0 atom stereocenters. The number of pyridine rings is 1. The molecule has 124 valence electrons. The molecule has 3 aromatic heterocycles. The van der Waals surface area contributed by atoms with Gasteiger partial charge in [-0.05, 0) is 31.5 Å². The van der Waals surface area contributed by atoms with Crippen LogP contribution in [0.5, 0.6) is 0 Å². The Morgan fingerprint density at radius 3 is 2.79 bits per heavy atom. The van der Waals surface area contributed by atoms with Gasteiger partial charge in [-0.1, -0.05) is 0 Å². The van der Waals surface area contributed by atoms with Crippen molar-refractivity contribution in [2.75, 3.05) is 10.6 Å². The van der Waals surface area contributed by atoms with Gasteiger partial charge in [0.2, 0.25) is 11.6 Å². The fourth-order valence-corrected chi connectivity index (χ4v) is 2.06. The SMILES string of the molecule is CC(C)OC(=O)Nc1nnc2c(NCc3ccncc3)nccn12. The van der Waals surface area contributed by atoms with Gasteiger partial charge in [-0.15, -0.1) is 10.2 Å². The highest BCUT2D eigenvalue weighted by Gasteiger charge is 2.14. The highest BCUT2D eigenvalue weighted by atomic mass is 16.6. The van der Waals surface area contributed by atoms with Crippen molar-refractivity contribution in [1.29, 1.82) is 0 Å². The van der Waals surface area contributed by atoms with Crippen molar-refractivity contribution in [2.24, 2.45) is 0 Å². The first-order valence-corrected chi connectivity index (χ1v) is 7.43. The number of anilines is 2. The summed E-state index contributed by atoms with van der Waals surface area (Å²) in [6.07, 6.45) is 5.92. The van der Waals surface area contributed by atoms with Crippen LogP contribution >= 0.6 is 0 Å². The smallest absolute Gasteiger partial charge is 0.414 e. The van der Waals surface area contributed by atoms with E-state index in [0.717, 1.165) is 5.56 Å². The Morgan fingerprint density at radius 2 is 2.04 bits per heavy atom. The lowest BCUT2D eigenvalue weighted by atomic mass is 10.3. The van der Waals surface area contributed by atoms with Crippen LogP contribution < -0.4 is 10.6 Å². The summed E-state index contributed by atoms with van der Waals surface area (Å²) in [5.41, 5.74) is 1.57. The molecule has 3 aromatic rings. The summed E-state index contributed by atoms with van der Waals surface area (Å²) in [7, 11) is 0. The van der Waals surface area contributed by atoms with Crippen LogP contribution in [0.4, 0.5) is 16.6 Å². The molecule has 2 N–H and O–H groups in total. The van der Waals surface area contributed by atoms with Crippen molar-refractivity contribution in [1.82, 2.24) is 24.6 Å². The molecule has 0 aliphatic carbocycles. The van der Waals surface area contributed by atoms with Crippen LogP contribution in [0.2, 0.25) is 0 Å². The maximum absolute atomic E-state index is 11.7. The standard InChI is InChI=1S/C15H17N7O2/c1-10(2)24-15(23)19-14-21-20-13-12(17-7-8-22(13)14)18-9-11-3-5-16-6-4-11/h3-8,10H,9H2,1-2H3,(H,17,18)(H,19,21,23). The van der Waals surface area contributed by atoms with Crippen molar-refractivity contribution in [3.63, 3.8) is 0 Å². The van der Waals surface area contributed by atoms with Crippen molar-refractivity contribution in [3.05, 3.63) is 42.5 Å². The fourth-order valence-electron chi connectivity index (χ4n) is 2.06. The minimum absolute atomic E-state index is 0.219. The second-order valence-corrected chi connectivity index (χ2v) is 5.28. The maximum Gasteiger partial charge on any atom is 0.414 e. The minimum atomic E-state index is -0.581. The Morgan fingerprint density at radius 1 is 1.25 bits per heavy atom. The second-order valence-electron chi connectivity index (χ2n) is 5.28. The molecule has 9 nitrogen and oxygen atoms in total. The Labute approximate surface area is 138 Å². The van der Waals surface area contributed by atoms with Crippen molar-refractivity contribution in [2.45, 2.75) is 26.5 Å². The highest BCUT2D eigenvalue weighted by Crippen LogP contribution is 2.16. The molecule has 0 saturated heterocycles. The summed E-state index contributed by atoms with van der Waals surface area (Å²) >= 11 is 0.